The molecule has 0 bridgehead atoms. The average Bonchev–Trinajstić information content (AvgIpc) is 3.28. The number of carbonyl (C=O) groups is 3. The first-order valence-corrected chi connectivity index (χ1v) is 13.9. The lowest BCUT2D eigenvalue weighted by Gasteiger charge is -2.15. The van der Waals surface area contributed by atoms with Gasteiger partial charge in [0.15, 0.2) is 0 Å². The molecule has 1 aromatic carbocycles. The molecule has 0 fully saturated rings. The molecular weight excluding hydrogens is 480 g/mol. The van der Waals surface area contributed by atoms with Crippen molar-refractivity contribution in [1.29, 1.82) is 0 Å². The molecule has 11 heteroatoms. The minimum absolute atomic E-state index is 0.128. The van der Waals surface area contributed by atoms with E-state index < -0.39 is 17.9 Å². The Morgan fingerprint density at radius 2 is 1.85 bits per heavy atom. The number of ether oxygens (including phenoxy) is 1. The molecule has 0 unspecified atom stereocenters. The molecule has 33 heavy (non-hydrogen) atoms. The van der Waals surface area contributed by atoms with Crippen LogP contribution in [0.2, 0.25) is 0 Å². The summed E-state index contributed by atoms with van der Waals surface area (Å²) < 4.78 is 4.85. The highest BCUT2D eigenvalue weighted by Gasteiger charge is 2.26. The maximum Gasteiger partial charge on any atom is 0.328 e. The van der Waals surface area contributed by atoms with Crippen LogP contribution in [-0.2, 0) is 20.9 Å². The van der Waals surface area contributed by atoms with Crippen LogP contribution in [0.4, 0.5) is 0 Å². The number of hydrogen-bond acceptors (Lipinski definition) is 9. The number of carbonyl (C=O) groups excluding carboxylic acids is 3. The van der Waals surface area contributed by atoms with E-state index in [9.17, 15) is 14.4 Å². The molecule has 2 amide bonds. The van der Waals surface area contributed by atoms with Crippen molar-refractivity contribution >= 4 is 52.6 Å². The smallest absolute Gasteiger partial charge is 0.328 e. The number of nitrogens with one attached hydrogen (secondary N) is 3. The number of thioether (sulfide) groups is 2. The highest BCUT2D eigenvalue weighted by Crippen LogP contribution is 2.30. The van der Waals surface area contributed by atoms with E-state index in [1.165, 1.54) is 18.4 Å². The standard InChI is InChI=1S/C22H30N4O4S3/c1-23-16(13-32-4)20(27)24-12-17-26-18(19(33-17)14-8-6-5-7-9-14)21(28)25-15(10-11-31-3)22(29)30-2/h5-9,15-16,23H,10-13H2,1-4H3,(H,24,27)(H,25,28)/t15-,16-/m0/s1. The number of nitrogens with zero attached hydrogens (tertiary/aromatic N) is 1. The van der Waals surface area contributed by atoms with E-state index in [0.717, 1.165) is 5.56 Å². The Hall–Kier alpha value is -2.08. The van der Waals surface area contributed by atoms with Crippen molar-refractivity contribution < 1.29 is 19.1 Å². The van der Waals surface area contributed by atoms with Gasteiger partial charge in [0.1, 0.15) is 16.7 Å². The molecule has 0 aliphatic rings. The van der Waals surface area contributed by atoms with Crippen molar-refractivity contribution in [2.45, 2.75) is 25.0 Å². The third-order valence-corrected chi connectivity index (χ3v) is 7.15. The number of thiazole rings is 1. The van der Waals surface area contributed by atoms with Gasteiger partial charge >= 0.3 is 5.97 Å². The molecule has 1 aromatic heterocycles. The summed E-state index contributed by atoms with van der Waals surface area (Å²) in [6.07, 6.45) is 4.33. The number of esters is 1. The first-order chi connectivity index (χ1) is 15.9. The van der Waals surface area contributed by atoms with E-state index in [1.54, 1.807) is 30.6 Å². The van der Waals surface area contributed by atoms with Crippen LogP contribution in [0.25, 0.3) is 10.4 Å². The summed E-state index contributed by atoms with van der Waals surface area (Å²) >= 11 is 4.50. The molecule has 0 spiro atoms. The van der Waals surface area contributed by atoms with Crippen molar-refractivity contribution in [3.05, 3.63) is 41.0 Å². The van der Waals surface area contributed by atoms with Gasteiger partial charge in [-0.15, -0.1) is 11.3 Å². The summed E-state index contributed by atoms with van der Waals surface area (Å²) in [5.74, 6) is 0.275. The highest BCUT2D eigenvalue weighted by atomic mass is 32.2. The van der Waals surface area contributed by atoms with E-state index in [0.29, 0.717) is 27.8 Å². The normalized spacial score (nSPS) is 12.6. The Morgan fingerprint density at radius 1 is 1.12 bits per heavy atom. The fraction of sp³-hybridized carbons (Fsp3) is 0.455. The van der Waals surface area contributed by atoms with Crippen LogP contribution >= 0.6 is 34.9 Å². The highest BCUT2D eigenvalue weighted by molar-refractivity contribution is 7.98. The maximum absolute atomic E-state index is 13.1. The number of rotatable bonds is 13. The van der Waals surface area contributed by atoms with Crippen molar-refractivity contribution in [1.82, 2.24) is 20.9 Å². The van der Waals surface area contributed by atoms with E-state index in [2.05, 4.69) is 20.9 Å². The van der Waals surface area contributed by atoms with Crippen molar-refractivity contribution in [3.63, 3.8) is 0 Å². The topological polar surface area (TPSA) is 109 Å². The zero-order valence-electron chi connectivity index (χ0n) is 19.2. The third kappa shape index (κ3) is 8.02. The van der Waals surface area contributed by atoms with Crippen LogP contribution < -0.4 is 16.0 Å². The quantitative estimate of drug-likeness (QED) is 0.353. The molecule has 8 nitrogen and oxygen atoms in total. The van der Waals surface area contributed by atoms with Gasteiger partial charge < -0.3 is 20.7 Å². The van der Waals surface area contributed by atoms with Gasteiger partial charge in [0.05, 0.1) is 24.6 Å². The Morgan fingerprint density at radius 3 is 2.45 bits per heavy atom. The van der Waals surface area contributed by atoms with Crippen LogP contribution in [0.5, 0.6) is 0 Å². The van der Waals surface area contributed by atoms with Gasteiger partial charge in [-0.05, 0) is 37.3 Å². The summed E-state index contributed by atoms with van der Waals surface area (Å²) in [6, 6.07) is 8.38. The minimum atomic E-state index is -0.758. The van der Waals surface area contributed by atoms with Gasteiger partial charge in [0, 0.05) is 5.75 Å². The summed E-state index contributed by atoms with van der Waals surface area (Å²) in [7, 11) is 3.05. The zero-order chi connectivity index (χ0) is 24.2. The Bertz CT molecular complexity index is 924. The Balaban J connectivity index is 2.26. The molecule has 2 aromatic rings. The van der Waals surface area contributed by atoms with Gasteiger partial charge in [-0.25, -0.2) is 9.78 Å². The van der Waals surface area contributed by atoms with Crippen molar-refractivity contribution in [2.75, 3.05) is 38.2 Å². The van der Waals surface area contributed by atoms with E-state index >= 15 is 0 Å². The molecule has 0 saturated heterocycles. The predicted molar refractivity (Wildman–Crippen MR) is 137 cm³/mol. The lowest BCUT2D eigenvalue weighted by Crippen LogP contribution is -2.44. The van der Waals surface area contributed by atoms with Crippen LogP contribution in [-0.4, -0.2) is 73.0 Å². The summed E-state index contributed by atoms with van der Waals surface area (Å²) in [5.41, 5.74) is 1.06. The second kappa shape index (κ2) is 14.2. The zero-order valence-corrected chi connectivity index (χ0v) is 21.6. The fourth-order valence-corrected chi connectivity index (χ4v) is 5.10. The SMILES string of the molecule is CN[C@@H](CSC)C(=O)NCc1nc(C(=O)N[C@@H](CCSC)C(=O)OC)c(-c2ccccc2)s1. The number of methoxy groups -OCH3 is 1. The van der Waals surface area contributed by atoms with Crippen LogP contribution in [0.15, 0.2) is 30.3 Å². The van der Waals surface area contributed by atoms with Gasteiger partial charge in [0.25, 0.3) is 5.91 Å². The lowest BCUT2D eigenvalue weighted by atomic mass is 10.1. The maximum atomic E-state index is 13.1. The third-order valence-electron chi connectivity index (χ3n) is 4.74. The molecule has 0 saturated carbocycles. The summed E-state index contributed by atoms with van der Waals surface area (Å²) in [6.45, 7) is 0.204. The number of likely N-dealkylation sites (N-methyl/N-ethyl adjacent to an activating group) is 1. The van der Waals surface area contributed by atoms with Crippen LogP contribution in [0.1, 0.15) is 21.9 Å². The molecule has 180 valence electrons. The number of amides is 2. The Kier molecular flexibility index (Phi) is 11.7. The van der Waals surface area contributed by atoms with Crippen molar-refractivity contribution in [3.8, 4) is 10.4 Å². The first-order valence-electron chi connectivity index (χ1n) is 10.3. The van der Waals surface area contributed by atoms with E-state index in [-0.39, 0.29) is 24.2 Å². The van der Waals surface area contributed by atoms with Crippen molar-refractivity contribution in [2.24, 2.45) is 0 Å². The van der Waals surface area contributed by atoms with E-state index in [4.69, 9.17) is 4.74 Å². The van der Waals surface area contributed by atoms with Crippen LogP contribution in [0, 0.1) is 0 Å². The molecule has 2 rings (SSSR count). The molecule has 1 heterocycles. The van der Waals surface area contributed by atoms with Crippen LogP contribution in [0.3, 0.4) is 0 Å². The van der Waals surface area contributed by atoms with Gasteiger partial charge in [-0.3, -0.25) is 9.59 Å². The molecule has 0 aliphatic heterocycles. The second-order valence-electron chi connectivity index (χ2n) is 7.00. The first kappa shape index (κ1) is 27.2. The van der Waals surface area contributed by atoms with E-state index in [1.807, 2.05) is 42.8 Å². The van der Waals surface area contributed by atoms with Gasteiger partial charge in [-0.1, -0.05) is 30.3 Å². The van der Waals surface area contributed by atoms with Gasteiger partial charge in [0.2, 0.25) is 5.91 Å². The molecule has 0 radical (unpaired) electrons. The monoisotopic (exact) mass is 510 g/mol. The molecule has 0 aliphatic carbocycles. The molecular formula is C22H30N4O4S3. The Labute approximate surface area is 207 Å². The lowest BCUT2D eigenvalue weighted by molar-refractivity contribution is -0.142. The summed E-state index contributed by atoms with van der Waals surface area (Å²) in [4.78, 5) is 42.9. The second-order valence-corrected chi connectivity index (χ2v) is 9.98. The number of benzene rings is 1. The average molecular weight is 511 g/mol. The predicted octanol–water partition coefficient (Wildman–Crippen LogP) is 2.40. The van der Waals surface area contributed by atoms with Gasteiger partial charge in [-0.2, -0.15) is 23.5 Å². The number of hydrogen-bond donors (Lipinski definition) is 3. The minimum Gasteiger partial charge on any atom is -0.467 e. The number of aromatic nitrogens is 1. The fourth-order valence-electron chi connectivity index (χ4n) is 2.98. The molecule has 3 N–H and O–H groups in total. The molecule has 2 atom stereocenters. The largest absolute Gasteiger partial charge is 0.467 e. The summed E-state index contributed by atoms with van der Waals surface area (Å²) in [5, 5.41) is 9.25.